The smallest absolute Gasteiger partial charge is 0.208 e. The molecule has 2 rings (SSSR count). The first kappa shape index (κ1) is 14.5. The first-order valence-electron chi connectivity index (χ1n) is 6.29. The maximum absolute atomic E-state index is 11.0. The number of nitrogens with one attached hydrogen (secondary N) is 1. The highest BCUT2D eigenvalue weighted by Crippen LogP contribution is 2.33. The van der Waals surface area contributed by atoms with E-state index in [9.17, 15) is 13.5 Å². The van der Waals surface area contributed by atoms with Gasteiger partial charge in [-0.05, 0) is 24.6 Å². The van der Waals surface area contributed by atoms with E-state index in [0.29, 0.717) is 13.1 Å². The van der Waals surface area contributed by atoms with Crippen molar-refractivity contribution < 1.29 is 13.5 Å². The van der Waals surface area contributed by atoms with Gasteiger partial charge >= 0.3 is 0 Å². The Morgan fingerprint density at radius 2 is 2.11 bits per heavy atom. The zero-order chi connectivity index (χ0) is 14.0. The lowest BCUT2D eigenvalue weighted by Gasteiger charge is -2.27. The second kappa shape index (κ2) is 5.58. The van der Waals surface area contributed by atoms with E-state index in [0.717, 1.165) is 18.2 Å². The van der Waals surface area contributed by atoms with Crippen LogP contribution in [0.5, 0.6) is 0 Å². The molecule has 6 heteroatoms. The molecule has 0 amide bonds. The quantitative estimate of drug-likeness (QED) is 0.806. The summed E-state index contributed by atoms with van der Waals surface area (Å²) in [5.41, 5.74) is 2.15. The SMILES string of the molecule is CN(CCNS(C)(=O)=O)[C@@H]1Cc2ccccc2[C@H]1O. The van der Waals surface area contributed by atoms with Gasteiger partial charge in [0.1, 0.15) is 0 Å². The monoisotopic (exact) mass is 284 g/mol. The van der Waals surface area contributed by atoms with Crippen LogP contribution in [0.4, 0.5) is 0 Å². The fourth-order valence-electron chi connectivity index (χ4n) is 2.52. The number of sulfonamides is 1. The Kier molecular flexibility index (Phi) is 4.25. The standard InChI is InChI=1S/C13H20N2O3S/c1-15(8-7-14-19(2,17)18)12-9-10-5-3-4-6-11(10)13(12)16/h3-6,12-14,16H,7-9H2,1-2H3/t12-,13-/m1/s1. The molecule has 1 aliphatic rings. The number of aliphatic hydroxyl groups is 1. The van der Waals surface area contributed by atoms with Gasteiger partial charge in [0.25, 0.3) is 0 Å². The zero-order valence-corrected chi connectivity index (χ0v) is 12.0. The molecule has 0 radical (unpaired) electrons. The largest absolute Gasteiger partial charge is 0.387 e. The first-order chi connectivity index (χ1) is 8.88. The first-order valence-corrected chi connectivity index (χ1v) is 8.18. The highest BCUT2D eigenvalue weighted by molar-refractivity contribution is 7.88. The summed E-state index contributed by atoms with van der Waals surface area (Å²) in [6.45, 7) is 0.928. The van der Waals surface area contributed by atoms with E-state index in [2.05, 4.69) is 4.72 Å². The molecule has 2 N–H and O–H groups in total. The van der Waals surface area contributed by atoms with Crippen molar-refractivity contribution in [2.45, 2.75) is 18.6 Å². The summed E-state index contributed by atoms with van der Waals surface area (Å²) in [5.74, 6) is 0. The van der Waals surface area contributed by atoms with Gasteiger partial charge in [-0.2, -0.15) is 0 Å². The molecule has 1 aliphatic carbocycles. The minimum absolute atomic E-state index is 0.0127. The molecule has 2 atom stereocenters. The van der Waals surface area contributed by atoms with E-state index >= 15 is 0 Å². The zero-order valence-electron chi connectivity index (χ0n) is 11.2. The number of rotatable bonds is 5. The van der Waals surface area contributed by atoms with Gasteiger partial charge in [-0.1, -0.05) is 24.3 Å². The Bertz CT molecular complexity index is 545. The average molecular weight is 284 g/mol. The highest BCUT2D eigenvalue weighted by Gasteiger charge is 2.32. The summed E-state index contributed by atoms with van der Waals surface area (Å²) in [6.07, 6.45) is 1.44. The summed E-state index contributed by atoms with van der Waals surface area (Å²) in [6, 6.07) is 7.89. The minimum Gasteiger partial charge on any atom is -0.387 e. The van der Waals surface area contributed by atoms with Gasteiger partial charge < -0.3 is 5.11 Å². The van der Waals surface area contributed by atoms with E-state index in [-0.39, 0.29) is 6.04 Å². The molecule has 0 aromatic heterocycles. The summed E-state index contributed by atoms with van der Waals surface area (Å²) in [4.78, 5) is 2.00. The topological polar surface area (TPSA) is 69.6 Å². The summed E-state index contributed by atoms with van der Waals surface area (Å²) in [7, 11) is -1.24. The molecule has 0 unspecified atom stereocenters. The summed E-state index contributed by atoms with van der Waals surface area (Å²) in [5, 5.41) is 10.3. The van der Waals surface area contributed by atoms with Crippen LogP contribution < -0.4 is 4.72 Å². The maximum atomic E-state index is 11.0. The van der Waals surface area contributed by atoms with Crippen molar-refractivity contribution in [1.82, 2.24) is 9.62 Å². The second-order valence-corrected chi connectivity index (χ2v) is 6.90. The van der Waals surface area contributed by atoms with Crippen LogP contribution in [0, 0.1) is 0 Å². The minimum atomic E-state index is -3.15. The van der Waals surface area contributed by atoms with Crippen LogP contribution in [0.3, 0.4) is 0 Å². The van der Waals surface area contributed by atoms with Crippen LogP contribution >= 0.6 is 0 Å². The van der Waals surface area contributed by atoms with Crippen molar-refractivity contribution in [1.29, 1.82) is 0 Å². The average Bonchev–Trinajstić information content (AvgIpc) is 2.66. The molecule has 0 heterocycles. The molecule has 0 saturated carbocycles. The fraction of sp³-hybridized carbons (Fsp3) is 0.538. The second-order valence-electron chi connectivity index (χ2n) is 5.06. The summed E-state index contributed by atoms with van der Waals surface area (Å²) < 4.78 is 24.5. The Balaban J connectivity index is 1.94. The van der Waals surface area contributed by atoms with Crippen LogP contribution in [0.1, 0.15) is 17.2 Å². The molecule has 19 heavy (non-hydrogen) atoms. The molecule has 1 aromatic carbocycles. The summed E-state index contributed by atoms with van der Waals surface area (Å²) >= 11 is 0. The lowest BCUT2D eigenvalue weighted by molar-refractivity contribution is 0.0773. The van der Waals surface area contributed by atoms with E-state index in [1.165, 1.54) is 5.56 Å². The van der Waals surface area contributed by atoms with Gasteiger partial charge in [0.2, 0.25) is 10.0 Å². The normalized spacial score (nSPS) is 22.7. The van der Waals surface area contributed by atoms with Crippen molar-refractivity contribution in [3.05, 3.63) is 35.4 Å². The number of nitrogens with zero attached hydrogens (tertiary/aromatic N) is 1. The van der Waals surface area contributed by atoms with E-state index in [4.69, 9.17) is 0 Å². The van der Waals surface area contributed by atoms with Crippen LogP contribution in [0.15, 0.2) is 24.3 Å². The lowest BCUT2D eigenvalue weighted by atomic mass is 10.1. The third kappa shape index (κ3) is 3.54. The molecular weight excluding hydrogens is 264 g/mol. The Hall–Kier alpha value is -0.950. The molecule has 0 aliphatic heterocycles. The molecule has 0 bridgehead atoms. The van der Waals surface area contributed by atoms with E-state index < -0.39 is 16.1 Å². The predicted molar refractivity (Wildman–Crippen MR) is 74.4 cm³/mol. The van der Waals surface area contributed by atoms with Crippen molar-refractivity contribution in [3.63, 3.8) is 0 Å². The molecule has 0 spiro atoms. The molecular formula is C13H20N2O3S. The van der Waals surface area contributed by atoms with Gasteiger partial charge in [0.05, 0.1) is 12.4 Å². The van der Waals surface area contributed by atoms with E-state index in [1.54, 1.807) is 0 Å². The molecule has 0 fully saturated rings. The van der Waals surface area contributed by atoms with Crippen LogP contribution in [-0.2, 0) is 16.4 Å². The Morgan fingerprint density at radius 1 is 1.42 bits per heavy atom. The fourth-order valence-corrected chi connectivity index (χ4v) is 2.99. The highest BCUT2D eigenvalue weighted by atomic mass is 32.2. The van der Waals surface area contributed by atoms with Gasteiger partial charge in [0, 0.05) is 19.1 Å². The Labute approximate surface area is 114 Å². The number of likely N-dealkylation sites (N-methyl/N-ethyl adjacent to an activating group) is 1. The number of hydrogen-bond acceptors (Lipinski definition) is 4. The van der Waals surface area contributed by atoms with Crippen molar-refractivity contribution in [2.24, 2.45) is 0 Å². The van der Waals surface area contributed by atoms with Gasteiger partial charge in [-0.15, -0.1) is 0 Å². The van der Waals surface area contributed by atoms with Crippen LogP contribution in [0.25, 0.3) is 0 Å². The number of benzene rings is 1. The third-order valence-electron chi connectivity index (χ3n) is 3.56. The maximum Gasteiger partial charge on any atom is 0.208 e. The number of aliphatic hydroxyl groups excluding tert-OH is 1. The molecule has 106 valence electrons. The predicted octanol–water partition coefficient (Wildman–Crippen LogP) is 0.126. The van der Waals surface area contributed by atoms with Gasteiger partial charge in [-0.25, -0.2) is 13.1 Å². The van der Waals surface area contributed by atoms with Gasteiger partial charge in [-0.3, -0.25) is 4.90 Å². The number of hydrogen-bond donors (Lipinski definition) is 2. The van der Waals surface area contributed by atoms with Crippen LogP contribution in [-0.4, -0.2) is 50.9 Å². The van der Waals surface area contributed by atoms with Crippen molar-refractivity contribution >= 4 is 10.0 Å². The third-order valence-corrected chi connectivity index (χ3v) is 4.29. The lowest BCUT2D eigenvalue weighted by Crippen LogP contribution is -2.40. The molecule has 5 nitrogen and oxygen atoms in total. The molecule has 0 saturated heterocycles. The Morgan fingerprint density at radius 3 is 2.74 bits per heavy atom. The number of fused-ring (bicyclic) bond motifs is 1. The van der Waals surface area contributed by atoms with Crippen molar-refractivity contribution in [3.8, 4) is 0 Å². The van der Waals surface area contributed by atoms with Crippen molar-refractivity contribution in [2.75, 3.05) is 26.4 Å². The van der Waals surface area contributed by atoms with E-state index in [1.807, 2.05) is 36.2 Å². The van der Waals surface area contributed by atoms with Crippen LogP contribution in [0.2, 0.25) is 0 Å². The van der Waals surface area contributed by atoms with Gasteiger partial charge in [0.15, 0.2) is 0 Å². The molecule has 1 aromatic rings.